The zero-order valence-corrected chi connectivity index (χ0v) is 17.8. The van der Waals surface area contributed by atoms with Gasteiger partial charge in [0.2, 0.25) is 0 Å². The number of urea groups is 1. The summed E-state index contributed by atoms with van der Waals surface area (Å²) in [5.74, 6) is 2.01. The second kappa shape index (κ2) is 7.85. The first-order valence-corrected chi connectivity index (χ1v) is 11.4. The highest BCUT2D eigenvalue weighted by Gasteiger charge is 2.24. The van der Waals surface area contributed by atoms with Gasteiger partial charge in [0.25, 0.3) is 5.56 Å². The molecule has 2 aliphatic rings. The molecule has 0 radical (unpaired) electrons. The quantitative estimate of drug-likeness (QED) is 0.780. The minimum Gasteiger partial charge on any atom is -0.335 e. The summed E-state index contributed by atoms with van der Waals surface area (Å²) in [7, 11) is 0. The van der Waals surface area contributed by atoms with Gasteiger partial charge in [0, 0.05) is 19.0 Å². The molecule has 7 heteroatoms. The summed E-state index contributed by atoms with van der Waals surface area (Å²) in [6.45, 7) is 7.08. The summed E-state index contributed by atoms with van der Waals surface area (Å²) in [5.41, 5.74) is 0.870. The Morgan fingerprint density at radius 2 is 1.96 bits per heavy atom. The molecule has 1 saturated carbocycles. The number of rotatable bonds is 2. The largest absolute Gasteiger partial charge is 0.335 e. The minimum atomic E-state index is -0.177. The van der Waals surface area contributed by atoms with Crippen molar-refractivity contribution in [2.45, 2.75) is 78.3 Å². The van der Waals surface area contributed by atoms with Gasteiger partial charge >= 0.3 is 6.03 Å². The summed E-state index contributed by atoms with van der Waals surface area (Å²) >= 11 is 1.41. The van der Waals surface area contributed by atoms with Crippen LogP contribution in [0.25, 0.3) is 10.2 Å². The van der Waals surface area contributed by atoms with Crippen molar-refractivity contribution < 1.29 is 4.79 Å². The lowest BCUT2D eigenvalue weighted by Gasteiger charge is -2.29. The molecule has 2 aromatic rings. The van der Waals surface area contributed by atoms with Crippen LogP contribution in [0, 0.1) is 18.8 Å². The summed E-state index contributed by atoms with van der Waals surface area (Å²) in [6.07, 6.45) is 7.53. The Hall–Kier alpha value is -1.89. The van der Waals surface area contributed by atoms with E-state index >= 15 is 0 Å². The van der Waals surface area contributed by atoms with Crippen LogP contribution in [-0.2, 0) is 13.0 Å². The molecular weight excluding hydrogens is 372 g/mol. The number of carbonyl (C=O) groups is 1. The molecule has 0 spiro atoms. The second-order valence-corrected chi connectivity index (χ2v) is 9.62. The Kier molecular flexibility index (Phi) is 5.45. The van der Waals surface area contributed by atoms with Crippen molar-refractivity contribution in [3.63, 3.8) is 0 Å². The van der Waals surface area contributed by atoms with E-state index in [0.29, 0.717) is 17.2 Å². The van der Waals surface area contributed by atoms with Crippen LogP contribution in [0.5, 0.6) is 0 Å². The Balaban J connectivity index is 1.59. The Bertz CT molecular complexity index is 948. The molecule has 3 atom stereocenters. The smallest absolute Gasteiger partial charge is 0.320 e. The zero-order valence-electron chi connectivity index (χ0n) is 17.0. The predicted molar refractivity (Wildman–Crippen MR) is 114 cm³/mol. The van der Waals surface area contributed by atoms with Gasteiger partial charge in [-0.05, 0) is 50.0 Å². The standard InChI is InChI=1S/C21H30N4O2S/c1-12-8-9-16-23-19-17(20(26)25(16)11-10-12)14(3)18(28-19)24-21(27)22-15-7-5-4-6-13(15)2/h12-13,15H,4-11H2,1-3H3,(H2,22,24,27). The summed E-state index contributed by atoms with van der Waals surface area (Å²) in [4.78, 5) is 31.2. The first kappa shape index (κ1) is 19.4. The number of nitrogens with zero attached hydrogens (tertiary/aromatic N) is 2. The molecule has 0 aromatic carbocycles. The van der Waals surface area contributed by atoms with Gasteiger partial charge in [-0.3, -0.25) is 14.7 Å². The van der Waals surface area contributed by atoms with E-state index < -0.39 is 0 Å². The third-order valence-corrected chi connectivity index (χ3v) is 7.59. The first-order valence-electron chi connectivity index (χ1n) is 10.5. The fourth-order valence-corrected chi connectivity index (χ4v) is 5.59. The van der Waals surface area contributed by atoms with Gasteiger partial charge in [0.15, 0.2) is 0 Å². The SMILES string of the molecule is Cc1c(NC(=O)NC2CCCCC2C)sc2nc3n(c(=O)c12)CCC(C)CC3. The highest BCUT2D eigenvalue weighted by molar-refractivity contribution is 7.22. The molecule has 2 N–H and O–H groups in total. The average molecular weight is 403 g/mol. The van der Waals surface area contributed by atoms with Gasteiger partial charge in [-0.2, -0.15) is 0 Å². The van der Waals surface area contributed by atoms with Crippen molar-refractivity contribution in [1.82, 2.24) is 14.9 Å². The molecule has 28 heavy (non-hydrogen) atoms. The number of aryl methyl sites for hydroxylation is 2. The van der Waals surface area contributed by atoms with E-state index in [2.05, 4.69) is 24.5 Å². The Morgan fingerprint density at radius 3 is 2.75 bits per heavy atom. The predicted octanol–water partition coefficient (Wildman–Crippen LogP) is 4.44. The van der Waals surface area contributed by atoms with Crippen LogP contribution in [-0.4, -0.2) is 21.6 Å². The third kappa shape index (κ3) is 3.69. The highest BCUT2D eigenvalue weighted by Crippen LogP contribution is 2.33. The van der Waals surface area contributed by atoms with Gasteiger partial charge < -0.3 is 5.32 Å². The zero-order chi connectivity index (χ0) is 19.8. The Labute approximate surface area is 169 Å². The fourth-order valence-electron chi connectivity index (χ4n) is 4.51. The van der Waals surface area contributed by atoms with Gasteiger partial charge in [0.1, 0.15) is 15.7 Å². The number of nitrogens with one attached hydrogen (secondary N) is 2. The van der Waals surface area contributed by atoms with Crippen molar-refractivity contribution in [2.24, 2.45) is 11.8 Å². The molecule has 2 amide bonds. The Morgan fingerprint density at radius 1 is 1.18 bits per heavy atom. The molecule has 6 nitrogen and oxygen atoms in total. The lowest BCUT2D eigenvalue weighted by molar-refractivity contribution is 0.232. The maximum absolute atomic E-state index is 13.1. The van der Waals surface area contributed by atoms with Crippen molar-refractivity contribution in [2.75, 3.05) is 5.32 Å². The van der Waals surface area contributed by atoms with Crippen molar-refractivity contribution in [3.05, 3.63) is 21.7 Å². The molecule has 1 aliphatic carbocycles. The van der Waals surface area contributed by atoms with Crippen molar-refractivity contribution in [1.29, 1.82) is 0 Å². The molecule has 1 aliphatic heterocycles. The van der Waals surface area contributed by atoms with E-state index in [4.69, 9.17) is 4.98 Å². The fraction of sp³-hybridized carbons (Fsp3) is 0.667. The first-order chi connectivity index (χ1) is 13.4. The van der Waals surface area contributed by atoms with Gasteiger partial charge in [-0.1, -0.05) is 38.0 Å². The molecule has 152 valence electrons. The third-order valence-electron chi connectivity index (χ3n) is 6.49. The summed E-state index contributed by atoms with van der Waals surface area (Å²) in [6, 6.07) is 0.0501. The van der Waals surface area contributed by atoms with E-state index in [1.165, 1.54) is 24.2 Å². The van der Waals surface area contributed by atoms with Crippen LogP contribution >= 0.6 is 11.3 Å². The second-order valence-electron chi connectivity index (χ2n) is 8.62. The van der Waals surface area contributed by atoms with Crippen molar-refractivity contribution in [3.8, 4) is 0 Å². The van der Waals surface area contributed by atoms with E-state index in [1.807, 2.05) is 11.5 Å². The number of carbonyl (C=O) groups excluding carboxylic acids is 1. The number of thiophene rings is 1. The van der Waals surface area contributed by atoms with E-state index in [0.717, 1.165) is 59.9 Å². The highest BCUT2D eigenvalue weighted by atomic mass is 32.1. The monoisotopic (exact) mass is 402 g/mol. The van der Waals surface area contributed by atoms with E-state index in [-0.39, 0.29) is 17.6 Å². The lowest BCUT2D eigenvalue weighted by Crippen LogP contribution is -2.43. The molecule has 3 unspecified atom stereocenters. The molecule has 0 bridgehead atoms. The summed E-state index contributed by atoms with van der Waals surface area (Å²) < 4.78 is 1.85. The van der Waals surface area contributed by atoms with Crippen LogP contribution in [0.1, 0.15) is 63.8 Å². The van der Waals surface area contributed by atoms with Gasteiger partial charge in [-0.15, -0.1) is 0 Å². The average Bonchev–Trinajstić information content (AvgIpc) is 2.83. The maximum atomic E-state index is 13.1. The van der Waals surface area contributed by atoms with Crippen LogP contribution in [0.4, 0.5) is 9.80 Å². The normalized spacial score (nSPS) is 25.2. The number of anilines is 1. The van der Waals surface area contributed by atoms with Crippen LogP contribution in [0.3, 0.4) is 0 Å². The van der Waals surface area contributed by atoms with Crippen LogP contribution in [0.2, 0.25) is 0 Å². The molecule has 2 aromatic heterocycles. The minimum absolute atomic E-state index is 0.0391. The molecular formula is C21H30N4O2S. The van der Waals surface area contributed by atoms with Gasteiger partial charge in [0.05, 0.1) is 5.39 Å². The molecule has 0 saturated heterocycles. The van der Waals surface area contributed by atoms with Crippen molar-refractivity contribution >= 4 is 32.6 Å². The van der Waals surface area contributed by atoms with E-state index in [1.54, 1.807) is 0 Å². The maximum Gasteiger partial charge on any atom is 0.320 e. The number of amides is 2. The molecule has 1 fully saturated rings. The van der Waals surface area contributed by atoms with Crippen LogP contribution in [0.15, 0.2) is 4.79 Å². The number of hydrogen-bond donors (Lipinski definition) is 2. The number of aromatic nitrogens is 2. The van der Waals surface area contributed by atoms with Crippen LogP contribution < -0.4 is 16.2 Å². The molecule has 4 rings (SSSR count). The van der Waals surface area contributed by atoms with E-state index in [9.17, 15) is 9.59 Å². The van der Waals surface area contributed by atoms with Gasteiger partial charge in [-0.25, -0.2) is 9.78 Å². The number of fused-ring (bicyclic) bond motifs is 2. The topological polar surface area (TPSA) is 76.0 Å². The molecule has 3 heterocycles. The lowest BCUT2D eigenvalue weighted by atomic mass is 9.86. The summed E-state index contributed by atoms with van der Waals surface area (Å²) in [5, 5.41) is 7.50. The number of hydrogen-bond acceptors (Lipinski definition) is 4.